The van der Waals surface area contributed by atoms with Gasteiger partial charge in [-0.25, -0.2) is 0 Å². The van der Waals surface area contributed by atoms with Gasteiger partial charge in [-0.2, -0.15) is 0 Å². The van der Waals surface area contributed by atoms with Crippen molar-refractivity contribution in [3.63, 3.8) is 0 Å². The maximum absolute atomic E-state index is 11.3. The SMILES string of the molecule is CC(C)(C)C1CCCCC1.CC(C)(C)C1CCCCC1.CC(C)(C)CC1CCC(C)(C)O1.CC(O)CC(C)(C)C.CCC(O)CC(C)(C)C.CCC(O)CC(C)(C)C.CCC(O)CC(C)(C)C.CCC(O)CC(C)(C)C.CCC(O)CC(C)(C)C.CCC(O)CC(C)(C)C.CCC(O)CC(C)(C)C.CCCC(C)(C)C.CCCC(C)(C)C.CCCCC(=O)CCCC(C)(C)C.CCCCC(C)(C)C.COCCOC(=O)C(C)(C)C. The highest BCUT2D eigenvalue weighted by molar-refractivity contribution is 5.78. The molecule has 13 heteroatoms. The van der Waals surface area contributed by atoms with Gasteiger partial charge in [-0.3, -0.25) is 9.59 Å². The Morgan fingerprint density at radius 3 is 0.644 bits per heavy atom. The molecule has 2 aliphatic carbocycles. The van der Waals surface area contributed by atoms with Crippen molar-refractivity contribution in [2.45, 2.75) is 753 Å². The van der Waals surface area contributed by atoms with Crippen LogP contribution in [0.2, 0.25) is 0 Å². The number of hydrogen-bond acceptors (Lipinski definition) is 13. The number of ether oxygens (including phenoxy) is 3. The summed E-state index contributed by atoms with van der Waals surface area (Å²) < 4.78 is 15.5. The first kappa shape index (κ1) is 175. The summed E-state index contributed by atoms with van der Waals surface area (Å²) in [4.78, 5) is 22.3. The summed E-state index contributed by atoms with van der Waals surface area (Å²) in [5.41, 5.74) is 5.49. The van der Waals surface area contributed by atoms with Gasteiger partial charge in [0.25, 0.3) is 0 Å². The minimum Gasteiger partial charge on any atom is -0.463 e. The normalized spacial score (nSPS) is 16.6. The van der Waals surface area contributed by atoms with Crippen LogP contribution >= 0.6 is 0 Å². The predicted molar refractivity (Wildman–Crippen MR) is 670 cm³/mol. The summed E-state index contributed by atoms with van der Waals surface area (Å²) in [6.07, 6.45) is 46.7. The van der Waals surface area contributed by atoms with Gasteiger partial charge in [0.05, 0.1) is 72.6 Å². The molecule has 3 rings (SSSR count). The lowest BCUT2D eigenvalue weighted by molar-refractivity contribution is -0.154. The number of methoxy groups -OCH3 is 1. The molecule has 1 aliphatic heterocycles. The molecule has 0 bridgehead atoms. The van der Waals surface area contributed by atoms with Crippen molar-refractivity contribution in [1.29, 1.82) is 0 Å². The molecule has 9 atom stereocenters. The number of aliphatic hydroxyl groups excluding tert-OH is 8. The fraction of sp³-hybridized carbons (Fsp3) is 0.985. The van der Waals surface area contributed by atoms with Crippen LogP contribution in [0.25, 0.3) is 0 Å². The number of carbonyl (C=O) groups is 2. The van der Waals surface area contributed by atoms with Crippen molar-refractivity contribution in [1.82, 2.24) is 0 Å². The van der Waals surface area contributed by atoms with Crippen LogP contribution in [-0.2, 0) is 23.8 Å². The van der Waals surface area contributed by atoms with Crippen molar-refractivity contribution in [3.05, 3.63) is 0 Å². The van der Waals surface area contributed by atoms with Gasteiger partial charge in [0, 0.05) is 20.0 Å². The maximum atomic E-state index is 11.3. The molecule has 0 aromatic heterocycles. The molecule has 1 heterocycles. The van der Waals surface area contributed by atoms with Crippen molar-refractivity contribution in [3.8, 4) is 0 Å². The summed E-state index contributed by atoms with van der Waals surface area (Å²) in [6.45, 7) is 135. The number of hydrogen-bond donors (Lipinski definition) is 8. The Morgan fingerprint density at radius 2 is 0.517 bits per heavy atom. The van der Waals surface area contributed by atoms with Gasteiger partial charge in [0.1, 0.15) is 12.4 Å². The minimum atomic E-state index is -0.409. The first-order valence-corrected chi connectivity index (χ1v) is 61.5. The average Bonchev–Trinajstić information content (AvgIpc) is 1.66. The highest BCUT2D eigenvalue weighted by Crippen LogP contribution is 2.41. The first-order valence-electron chi connectivity index (χ1n) is 61.5. The van der Waals surface area contributed by atoms with E-state index < -0.39 is 5.41 Å². The Bertz CT molecular complexity index is 2560. The second kappa shape index (κ2) is 90.3. The van der Waals surface area contributed by atoms with Crippen LogP contribution in [0, 0.1) is 98.5 Å². The van der Waals surface area contributed by atoms with Crippen molar-refractivity contribution >= 4 is 11.8 Å². The topological polar surface area (TPSA) is 224 Å². The molecule has 9 unspecified atom stereocenters. The van der Waals surface area contributed by atoms with E-state index >= 15 is 0 Å². The fourth-order valence-electron chi connectivity index (χ4n) is 16.6. The van der Waals surface area contributed by atoms with E-state index in [4.69, 9.17) is 19.3 Å². The molecule has 3 aliphatic rings. The molecular formula is C136H294O13. The highest BCUT2D eigenvalue weighted by atomic mass is 16.6. The average molecular weight is 2140 g/mol. The van der Waals surface area contributed by atoms with Gasteiger partial charge in [-0.05, 0) is 314 Å². The van der Waals surface area contributed by atoms with Crippen LogP contribution in [0.1, 0.15) is 693 Å². The van der Waals surface area contributed by atoms with E-state index in [0.717, 1.165) is 147 Å². The van der Waals surface area contributed by atoms with E-state index in [1.807, 2.05) is 76.2 Å². The van der Waals surface area contributed by atoms with Crippen molar-refractivity contribution in [2.24, 2.45) is 98.5 Å². The second-order valence-corrected chi connectivity index (χ2v) is 64.3. The molecular weight excluding hydrogens is 1840 g/mol. The third-order valence-electron chi connectivity index (χ3n) is 24.8. The Kier molecular flexibility index (Phi) is 106. The molecule has 3 fully saturated rings. The molecule has 916 valence electrons. The highest BCUT2D eigenvalue weighted by Gasteiger charge is 2.35. The largest absolute Gasteiger partial charge is 0.463 e. The summed E-state index contributed by atoms with van der Waals surface area (Å²) in [7, 11) is 1.57. The summed E-state index contributed by atoms with van der Waals surface area (Å²) >= 11 is 0. The maximum Gasteiger partial charge on any atom is 0.311 e. The summed E-state index contributed by atoms with van der Waals surface area (Å²) in [6, 6.07) is 0. The molecule has 0 amide bonds. The van der Waals surface area contributed by atoms with Gasteiger partial charge in [0.15, 0.2) is 0 Å². The third kappa shape index (κ3) is 177. The van der Waals surface area contributed by atoms with Crippen LogP contribution in [0.4, 0.5) is 0 Å². The fourth-order valence-corrected chi connectivity index (χ4v) is 16.6. The Hall–Kier alpha value is -1.26. The molecule has 8 N–H and O–H groups in total. The lowest BCUT2D eigenvalue weighted by Gasteiger charge is -2.33. The lowest BCUT2D eigenvalue weighted by Crippen LogP contribution is -2.24. The Labute approximate surface area is 942 Å². The first-order chi connectivity index (χ1) is 66.2. The van der Waals surface area contributed by atoms with Gasteiger partial charge < -0.3 is 55.1 Å². The molecule has 0 aromatic rings. The molecule has 0 radical (unpaired) electrons. The van der Waals surface area contributed by atoms with E-state index in [0.29, 0.717) is 63.0 Å². The minimum absolute atomic E-state index is 0.106. The molecule has 2 saturated carbocycles. The van der Waals surface area contributed by atoms with Crippen LogP contribution in [0.3, 0.4) is 0 Å². The number of esters is 1. The quantitative estimate of drug-likeness (QED) is 0.0258. The number of aliphatic hydroxyl groups is 8. The zero-order valence-corrected chi connectivity index (χ0v) is 115. The molecule has 1 saturated heterocycles. The molecule has 0 spiro atoms. The number of carbonyl (C=O) groups excluding carboxylic acids is 2. The zero-order valence-electron chi connectivity index (χ0n) is 115. The zero-order chi connectivity index (χ0) is 122. The van der Waals surface area contributed by atoms with Gasteiger partial charge in [-0.1, -0.05) is 458 Å². The summed E-state index contributed by atoms with van der Waals surface area (Å²) in [5, 5.41) is 73.2. The number of rotatable bonds is 29. The van der Waals surface area contributed by atoms with E-state index in [1.54, 1.807) is 7.11 Å². The summed E-state index contributed by atoms with van der Waals surface area (Å²) in [5.74, 6) is 2.27. The van der Waals surface area contributed by atoms with Gasteiger partial charge >= 0.3 is 5.97 Å². The van der Waals surface area contributed by atoms with Crippen LogP contribution in [0.5, 0.6) is 0 Å². The number of Topliss-reactive ketones (excluding diaryl/α,β-unsaturated/α-hetero) is 1. The van der Waals surface area contributed by atoms with E-state index in [1.165, 1.54) is 128 Å². The van der Waals surface area contributed by atoms with Crippen LogP contribution in [-0.4, -0.2) is 133 Å². The second-order valence-electron chi connectivity index (χ2n) is 64.3. The lowest BCUT2D eigenvalue weighted by atomic mass is 9.72. The molecule has 13 nitrogen and oxygen atoms in total. The van der Waals surface area contributed by atoms with Gasteiger partial charge in [0.2, 0.25) is 0 Å². The van der Waals surface area contributed by atoms with Gasteiger partial charge in [-0.15, -0.1) is 0 Å². The molecule has 0 aromatic carbocycles. The molecule has 149 heavy (non-hydrogen) atoms. The smallest absolute Gasteiger partial charge is 0.311 e. The number of ketones is 1. The number of unbranched alkanes of at least 4 members (excludes halogenated alkanes) is 2. The standard InChI is InChI=1S/C12H24O.C11H22O.2C10H20.C8H16O3.7C8H18O.C8H18.C7H16O.2C7H16/c1-5-6-8-11(13)9-7-10-12(2,3)4;1-10(2,3)8-9-6-7-11(4,5)12-9;2*1-10(2,3)9-7-5-4-6-8-9;1-8(2,3)7(9)11-6-5-10-4;7*1-5-7(9)6-8(2,3)4;1-5-6-7-8(2,3)4;1-6(8)5-7(2,3)4;2*1-5-6-7(2,3)4/h5-10H2,1-4H3;9H,6-8H2,1-5H3;2*9H,4-8H2,1-3H3;5-6H2,1-4H3;7*7,9H,5-6H2,1-4H3;5-7H2,1-4H3;6,8H,5H2,1-4H3;2*5-6H2,1-4H3. The van der Waals surface area contributed by atoms with Crippen molar-refractivity contribution < 1.29 is 64.7 Å². The monoisotopic (exact) mass is 2140 g/mol. The van der Waals surface area contributed by atoms with Crippen LogP contribution < -0.4 is 0 Å². The third-order valence-corrected chi connectivity index (χ3v) is 24.8. The Balaban J connectivity index is -0.000000121. The van der Waals surface area contributed by atoms with Crippen molar-refractivity contribution in [2.75, 3.05) is 20.3 Å². The Morgan fingerprint density at radius 1 is 0.289 bits per heavy atom. The van der Waals surface area contributed by atoms with Crippen LogP contribution in [0.15, 0.2) is 0 Å². The predicted octanol–water partition coefficient (Wildman–Crippen LogP) is 41.8. The van der Waals surface area contributed by atoms with E-state index in [-0.39, 0.29) is 104 Å². The van der Waals surface area contributed by atoms with E-state index in [9.17, 15) is 45.3 Å². The van der Waals surface area contributed by atoms with E-state index in [2.05, 4.69) is 353 Å².